The van der Waals surface area contributed by atoms with E-state index in [1.165, 1.54) is 12.1 Å². The van der Waals surface area contributed by atoms with E-state index in [4.69, 9.17) is 9.47 Å². The standard InChI is InChI=1S/C27H31N3O5S/c1-6-23(21-13-15-25(34-4)26(17-21)35-5)28-29-27(31)18-30(24-14-12-19(2)16-20(24)3)36(32,33)22-10-8-7-9-11-22/h7-17H,6,18H2,1-5H3,(H,29,31)/b28-23-. The Morgan fingerprint density at radius 1 is 0.944 bits per heavy atom. The first-order valence-electron chi connectivity index (χ1n) is 11.4. The van der Waals surface area contributed by atoms with Gasteiger partial charge in [0.25, 0.3) is 15.9 Å². The lowest BCUT2D eigenvalue weighted by Crippen LogP contribution is -2.40. The van der Waals surface area contributed by atoms with E-state index < -0.39 is 22.5 Å². The van der Waals surface area contributed by atoms with Gasteiger partial charge in [-0.3, -0.25) is 9.10 Å². The first-order valence-corrected chi connectivity index (χ1v) is 12.9. The molecule has 3 rings (SSSR count). The topological polar surface area (TPSA) is 97.3 Å². The highest BCUT2D eigenvalue weighted by Gasteiger charge is 2.28. The van der Waals surface area contributed by atoms with Crippen LogP contribution in [0.5, 0.6) is 11.5 Å². The number of hydrazone groups is 1. The minimum Gasteiger partial charge on any atom is -0.493 e. The van der Waals surface area contributed by atoms with Crippen LogP contribution in [0.4, 0.5) is 5.69 Å². The number of ether oxygens (including phenoxy) is 2. The lowest BCUT2D eigenvalue weighted by atomic mass is 10.1. The summed E-state index contributed by atoms with van der Waals surface area (Å²) in [6, 6.07) is 18.8. The summed E-state index contributed by atoms with van der Waals surface area (Å²) >= 11 is 0. The highest BCUT2D eigenvalue weighted by Crippen LogP contribution is 2.29. The summed E-state index contributed by atoms with van der Waals surface area (Å²) in [6.07, 6.45) is 0.527. The van der Waals surface area contributed by atoms with Crippen molar-refractivity contribution in [1.82, 2.24) is 5.43 Å². The van der Waals surface area contributed by atoms with Crippen LogP contribution in [0.15, 0.2) is 76.7 Å². The molecule has 1 N–H and O–H groups in total. The minimum atomic E-state index is -4.00. The molecule has 0 aromatic heterocycles. The summed E-state index contributed by atoms with van der Waals surface area (Å²) < 4.78 is 38.8. The Kier molecular flexibility index (Phi) is 8.71. The van der Waals surface area contributed by atoms with E-state index in [1.807, 2.05) is 39.0 Å². The molecule has 0 atom stereocenters. The van der Waals surface area contributed by atoms with Crippen LogP contribution in [0.3, 0.4) is 0 Å². The Labute approximate surface area is 212 Å². The summed E-state index contributed by atoms with van der Waals surface area (Å²) in [5.74, 6) is 0.550. The number of benzene rings is 3. The fourth-order valence-corrected chi connectivity index (χ4v) is 5.27. The van der Waals surface area contributed by atoms with Crippen LogP contribution in [0.25, 0.3) is 0 Å². The lowest BCUT2D eigenvalue weighted by Gasteiger charge is -2.25. The van der Waals surface area contributed by atoms with Crippen LogP contribution >= 0.6 is 0 Å². The monoisotopic (exact) mass is 509 g/mol. The number of nitrogens with one attached hydrogen (secondary N) is 1. The summed E-state index contributed by atoms with van der Waals surface area (Å²) in [4.78, 5) is 13.1. The molecule has 0 aliphatic rings. The van der Waals surface area contributed by atoms with E-state index in [9.17, 15) is 13.2 Å². The molecule has 9 heteroatoms. The van der Waals surface area contributed by atoms with Gasteiger partial charge in [-0.2, -0.15) is 5.10 Å². The molecule has 1 amide bonds. The molecule has 36 heavy (non-hydrogen) atoms. The summed E-state index contributed by atoms with van der Waals surface area (Å²) in [5, 5.41) is 4.28. The van der Waals surface area contributed by atoms with E-state index in [0.29, 0.717) is 29.3 Å². The Bertz CT molecular complexity index is 1360. The molecule has 0 bridgehead atoms. The maximum Gasteiger partial charge on any atom is 0.264 e. The molecule has 3 aromatic carbocycles. The molecular weight excluding hydrogens is 478 g/mol. The zero-order valence-electron chi connectivity index (χ0n) is 21.1. The maximum atomic E-state index is 13.5. The molecule has 0 fully saturated rings. The first kappa shape index (κ1) is 26.7. The quantitative estimate of drug-likeness (QED) is 0.322. The predicted molar refractivity (Wildman–Crippen MR) is 141 cm³/mol. The number of anilines is 1. The van der Waals surface area contributed by atoms with Crippen molar-refractivity contribution in [1.29, 1.82) is 0 Å². The largest absolute Gasteiger partial charge is 0.493 e. The van der Waals surface area contributed by atoms with Crippen molar-refractivity contribution in [3.8, 4) is 11.5 Å². The Balaban J connectivity index is 1.91. The number of aryl methyl sites for hydroxylation is 2. The highest BCUT2D eigenvalue weighted by atomic mass is 32.2. The van der Waals surface area contributed by atoms with Crippen LogP contribution in [0.1, 0.15) is 30.0 Å². The highest BCUT2D eigenvalue weighted by molar-refractivity contribution is 7.92. The summed E-state index contributed by atoms with van der Waals surface area (Å²) in [6.45, 7) is 5.21. The number of carbonyl (C=O) groups excluding carboxylic acids is 1. The van der Waals surface area contributed by atoms with Gasteiger partial charge in [0.2, 0.25) is 0 Å². The normalized spacial score (nSPS) is 11.6. The van der Waals surface area contributed by atoms with Gasteiger partial charge in [-0.15, -0.1) is 0 Å². The first-order chi connectivity index (χ1) is 17.2. The van der Waals surface area contributed by atoms with Gasteiger partial charge in [-0.05, 0) is 62.2 Å². The van der Waals surface area contributed by atoms with Gasteiger partial charge < -0.3 is 9.47 Å². The van der Waals surface area contributed by atoms with Crippen molar-refractivity contribution < 1.29 is 22.7 Å². The van der Waals surface area contributed by atoms with Gasteiger partial charge in [-0.25, -0.2) is 13.8 Å². The van der Waals surface area contributed by atoms with Crippen LogP contribution in [-0.2, 0) is 14.8 Å². The van der Waals surface area contributed by atoms with Gasteiger partial charge >= 0.3 is 0 Å². The van der Waals surface area contributed by atoms with Crippen molar-refractivity contribution in [2.75, 3.05) is 25.1 Å². The second-order valence-electron chi connectivity index (χ2n) is 8.13. The fourth-order valence-electron chi connectivity index (χ4n) is 3.76. The fraction of sp³-hybridized carbons (Fsp3) is 0.259. The number of hydrogen-bond donors (Lipinski definition) is 1. The molecule has 0 heterocycles. The lowest BCUT2D eigenvalue weighted by molar-refractivity contribution is -0.119. The molecule has 0 aliphatic carbocycles. The number of methoxy groups -OCH3 is 2. The Morgan fingerprint density at radius 2 is 1.64 bits per heavy atom. The summed E-state index contributed by atoms with van der Waals surface area (Å²) in [5.41, 5.74) is 6.04. The van der Waals surface area contributed by atoms with Crippen molar-refractivity contribution in [2.24, 2.45) is 5.10 Å². The van der Waals surface area contributed by atoms with Crippen molar-refractivity contribution in [3.05, 3.63) is 83.4 Å². The van der Waals surface area contributed by atoms with E-state index in [0.717, 1.165) is 21.0 Å². The minimum absolute atomic E-state index is 0.0980. The number of amides is 1. The zero-order valence-corrected chi connectivity index (χ0v) is 21.9. The van der Waals surface area contributed by atoms with Gasteiger partial charge in [0.05, 0.1) is 30.5 Å². The van der Waals surface area contributed by atoms with E-state index in [1.54, 1.807) is 50.6 Å². The Morgan fingerprint density at radius 3 is 2.25 bits per heavy atom. The molecule has 8 nitrogen and oxygen atoms in total. The number of nitrogens with zero attached hydrogens (tertiary/aromatic N) is 2. The predicted octanol–water partition coefficient (Wildman–Crippen LogP) is 4.45. The van der Waals surface area contributed by atoms with Crippen molar-refractivity contribution >= 4 is 27.3 Å². The smallest absolute Gasteiger partial charge is 0.264 e. The zero-order chi connectivity index (χ0) is 26.3. The van der Waals surface area contributed by atoms with Crippen LogP contribution in [0.2, 0.25) is 0 Å². The van der Waals surface area contributed by atoms with E-state index >= 15 is 0 Å². The molecule has 0 spiro atoms. The SMILES string of the molecule is CC/C(=N/NC(=O)CN(c1ccc(C)cc1C)S(=O)(=O)c1ccccc1)c1ccc(OC)c(OC)c1. The third kappa shape index (κ3) is 6.04. The third-order valence-corrected chi connectivity index (χ3v) is 7.38. The molecule has 0 aliphatic heterocycles. The number of sulfonamides is 1. The summed E-state index contributed by atoms with van der Waals surface area (Å²) in [7, 11) is -0.908. The maximum absolute atomic E-state index is 13.5. The van der Waals surface area contributed by atoms with Gasteiger partial charge in [0.1, 0.15) is 6.54 Å². The molecular formula is C27H31N3O5S. The molecule has 0 saturated carbocycles. The average Bonchev–Trinajstić information content (AvgIpc) is 2.88. The van der Waals surface area contributed by atoms with Crippen LogP contribution in [0, 0.1) is 13.8 Å². The van der Waals surface area contributed by atoms with Crippen molar-refractivity contribution in [2.45, 2.75) is 32.1 Å². The average molecular weight is 510 g/mol. The van der Waals surface area contributed by atoms with Crippen LogP contribution in [-0.4, -0.2) is 40.8 Å². The van der Waals surface area contributed by atoms with Crippen LogP contribution < -0.4 is 19.2 Å². The molecule has 0 saturated heterocycles. The molecule has 3 aromatic rings. The number of carbonyl (C=O) groups is 1. The third-order valence-electron chi connectivity index (χ3n) is 5.61. The van der Waals surface area contributed by atoms with Gasteiger partial charge in [-0.1, -0.05) is 42.8 Å². The molecule has 0 radical (unpaired) electrons. The molecule has 190 valence electrons. The van der Waals surface area contributed by atoms with Gasteiger partial charge in [0, 0.05) is 5.56 Å². The van der Waals surface area contributed by atoms with Gasteiger partial charge in [0.15, 0.2) is 11.5 Å². The van der Waals surface area contributed by atoms with Crippen molar-refractivity contribution in [3.63, 3.8) is 0 Å². The number of rotatable bonds is 10. The Hall–Kier alpha value is -3.85. The van der Waals surface area contributed by atoms with E-state index in [-0.39, 0.29) is 4.90 Å². The molecule has 0 unspecified atom stereocenters. The second-order valence-corrected chi connectivity index (χ2v) is 9.99. The second kappa shape index (κ2) is 11.7. The number of hydrogen-bond acceptors (Lipinski definition) is 6. The van der Waals surface area contributed by atoms with E-state index in [2.05, 4.69) is 10.5 Å².